The van der Waals surface area contributed by atoms with Crippen LogP contribution in [0.2, 0.25) is 0 Å². The number of rotatable bonds is 0. The van der Waals surface area contributed by atoms with E-state index in [0.717, 1.165) is 17.5 Å². The zero-order valence-corrected chi connectivity index (χ0v) is 7.79. The second-order valence-electron chi connectivity index (χ2n) is 4.54. The molecule has 0 aliphatic heterocycles. The summed E-state index contributed by atoms with van der Waals surface area (Å²) in [5.41, 5.74) is 9.86. The van der Waals surface area contributed by atoms with Gasteiger partial charge in [-0.15, -0.1) is 0 Å². The lowest BCUT2D eigenvalue weighted by Gasteiger charge is -2.22. The SMILES string of the molecule is Nc1ccc2c(c1)C1CCC(C2)C1. The van der Waals surface area contributed by atoms with Crippen molar-refractivity contribution in [2.24, 2.45) is 5.92 Å². The lowest BCUT2D eigenvalue weighted by atomic mass is 9.83. The maximum absolute atomic E-state index is 5.81. The quantitative estimate of drug-likeness (QED) is 0.600. The third-order valence-corrected chi connectivity index (χ3v) is 3.66. The van der Waals surface area contributed by atoms with E-state index in [0.29, 0.717) is 0 Å². The maximum atomic E-state index is 5.81. The summed E-state index contributed by atoms with van der Waals surface area (Å²) < 4.78 is 0. The van der Waals surface area contributed by atoms with Gasteiger partial charge in [0.05, 0.1) is 0 Å². The summed E-state index contributed by atoms with van der Waals surface area (Å²) in [5, 5.41) is 0. The molecule has 3 rings (SSSR count). The molecule has 2 N–H and O–H groups in total. The maximum Gasteiger partial charge on any atom is 0.0317 e. The van der Waals surface area contributed by atoms with Gasteiger partial charge in [-0.1, -0.05) is 6.07 Å². The molecule has 2 bridgehead atoms. The van der Waals surface area contributed by atoms with Crippen molar-refractivity contribution in [2.75, 3.05) is 5.73 Å². The van der Waals surface area contributed by atoms with Crippen LogP contribution in [0.1, 0.15) is 36.3 Å². The Balaban J connectivity index is 2.12. The summed E-state index contributed by atoms with van der Waals surface area (Å²) in [6.45, 7) is 0. The Morgan fingerprint density at radius 3 is 3.08 bits per heavy atom. The average molecular weight is 173 g/mol. The van der Waals surface area contributed by atoms with Crippen LogP contribution in [-0.4, -0.2) is 0 Å². The molecule has 1 nitrogen and oxygen atoms in total. The first-order valence-electron chi connectivity index (χ1n) is 5.21. The normalized spacial score (nSPS) is 30.2. The molecule has 1 saturated carbocycles. The van der Waals surface area contributed by atoms with E-state index < -0.39 is 0 Å². The molecule has 0 spiro atoms. The molecule has 1 fully saturated rings. The molecule has 2 atom stereocenters. The molecule has 1 aromatic carbocycles. The van der Waals surface area contributed by atoms with Crippen LogP contribution in [0, 0.1) is 5.92 Å². The van der Waals surface area contributed by atoms with Crippen LogP contribution < -0.4 is 5.73 Å². The minimum Gasteiger partial charge on any atom is -0.399 e. The van der Waals surface area contributed by atoms with Gasteiger partial charge in [0.25, 0.3) is 0 Å². The fourth-order valence-corrected chi connectivity index (χ4v) is 3.03. The molecular formula is C12H15N. The minimum absolute atomic E-state index is 0.831. The Labute approximate surface area is 78.9 Å². The molecule has 0 radical (unpaired) electrons. The van der Waals surface area contributed by atoms with E-state index in [1.54, 1.807) is 11.1 Å². The first-order valence-corrected chi connectivity index (χ1v) is 5.21. The van der Waals surface area contributed by atoms with Crippen molar-refractivity contribution in [1.29, 1.82) is 0 Å². The Bertz CT molecular complexity index is 343. The van der Waals surface area contributed by atoms with Crippen molar-refractivity contribution >= 4 is 5.69 Å². The third-order valence-electron chi connectivity index (χ3n) is 3.66. The molecule has 68 valence electrons. The van der Waals surface area contributed by atoms with Crippen LogP contribution in [-0.2, 0) is 6.42 Å². The van der Waals surface area contributed by atoms with Crippen molar-refractivity contribution in [1.82, 2.24) is 0 Å². The average Bonchev–Trinajstić information content (AvgIpc) is 2.51. The zero-order valence-electron chi connectivity index (χ0n) is 7.79. The summed E-state index contributed by atoms with van der Waals surface area (Å²) in [4.78, 5) is 0. The summed E-state index contributed by atoms with van der Waals surface area (Å²) in [6.07, 6.45) is 5.53. The molecule has 0 aromatic heterocycles. The molecule has 0 amide bonds. The van der Waals surface area contributed by atoms with E-state index in [9.17, 15) is 0 Å². The zero-order chi connectivity index (χ0) is 8.84. The highest BCUT2D eigenvalue weighted by atomic mass is 14.5. The standard InChI is InChI=1S/C12H15N/c13-11-4-3-10-6-8-1-2-9(5-8)12(10)7-11/h3-4,7-9H,1-2,5-6,13H2. The molecule has 0 saturated heterocycles. The largest absolute Gasteiger partial charge is 0.399 e. The highest BCUT2D eigenvalue weighted by molar-refractivity contribution is 5.47. The predicted octanol–water partition coefficient (Wildman–Crippen LogP) is 2.71. The molecule has 1 aromatic rings. The lowest BCUT2D eigenvalue weighted by Crippen LogP contribution is -2.10. The van der Waals surface area contributed by atoms with Gasteiger partial charge in [0.1, 0.15) is 0 Å². The van der Waals surface area contributed by atoms with Gasteiger partial charge >= 0.3 is 0 Å². The van der Waals surface area contributed by atoms with E-state index in [-0.39, 0.29) is 0 Å². The molecule has 2 unspecified atom stereocenters. The Morgan fingerprint density at radius 2 is 2.15 bits per heavy atom. The second kappa shape index (κ2) is 2.50. The van der Waals surface area contributed by atoms with Crippen molar-refractivity contribution in [3.8, 4) is 0 Å². The van der Waals surface area contributed by atoms with Crippen molar-refractivity contribution < 1.29 is 0 Å². The molecular weight excluding hydrogens is 158 g/mol. The van der Waals surface area contributed by atoms with Crippen LogP contribution in [0.3, 0.4) is 0 Å². The first kappa shape index (κ1) is 7.43. The van der Waals surface area contributed by atoms with E-state index in [4.69, 9.17) is 5.73 Å². The van der Waals surface area contributed by atoms with Crippen LogP contribution in [0.15, 0.2) is 18.2 Å². The minimum atomic E-state index is 0.831. The van der Waals surface area contributed by atoms with E-state index in [2.05, 4.69) is 12.1 Å². The number of nitrogen functional groups attached to an aromatic ring is 1. The summed E-state index contributed by atoms with van der Waals surface area (Å²) >= 11 is 0. The first-order chi connectivity index (χ1) is 6.33. The van der Waals surface area contributed by atoms with Gasteiger partial charge in [0.2, 0.25) is 0 Å². The van der Waals surface area contributed by atoms with Crippen LogP contribution in [0.5, 0.6) is 0 Å². The number of anilines is 1. The number of hydrogen-bond donors (Lipinski definition) is 1. The Kier molecular flexibility index (Phi) is 1.43. The second-order valence-corrected chi connectivity index (χ2v) is 4.54. The summed E-state index contributed by atoms with van der Waals surface area (Å²) in [7, 11) is 0. The Hall–Kier alpha value is -0.980. The smallest absolute Gasteiger partial charge is 0.0317 e. The van der Waals surface area contributed by atoms with Gasteiger partial charge < -0.3 is 5.73 Å². The van der Waals surface area contributed by atoms with E-state index in [1.165, 1.54) is 25.7 Å². The van der Waals surface area contributed by atoms with Crippen molar-refractivity contribution in [3.05, 3.63) is 29.3 Å². The molecule has 1 heteroatoms. The monoisotopic (exact) mass is 173 g/mol. The van der Waals surface area contributed by atoms with Crippen molar-refractivity contribution in [2.45, 2.75) is 31.6 Å². The highest BCUT2D eigenvalue weighted by Crippen LogP contribution is 2.46. The van der Waals surface area contributed by atoms with E-state index in [1.807, 2.05) is 6.07 Å². The summed E-state index contributed by atoms with van der Waals surface area (Å²) in [5.74, 6) is 1.80. The van der Waals surface area contributed by atoms with Gasteiger partial charge in [-0.3, -0.25) is 0 Å². The number of benzene rings is 1. The molecule has 0 heterocycles. The number of hydrogen-bond acceptors (Lipinski definition) is 1. The molecule has 2 aliphatic carbocycles. The number of fused-ring (bicyclic) bond motifs is 4. The van der Waals surface area contributed by atoms with Gasteiger partial charge in [-0.05, 0) is 60.8 Å². The molecule has 13 heavy (non-hydrogen) atoms. The third kappa shape index (κ3) is 1.06. The van der Waals surface area contributed by atoms with Crippen LogP contribution in [0.25, 0.3) is 0 Å². The number of nitrogens with two attached hydrogens (primary N) is 1. The lowest BCUT2D eigenvalue weighted by molar-refractivity contribution is 0.510. The molecule has 2 aliphatic rings. The predicted molar refractivity (Wildman–Crippen MR) is 54.6 cm³/mol. The van der Waals surface area contributed by atoms with Crippen molar-refractivity contribution in [3.63, 3.8) is 0 Å². The summed E-state index contributed by atoms with van der Waals surface area (Å²) in [6, 6.07) is 6.47. The van der Waals surface area contributed by atoms with E-state index >= 15 is 0 Å². The van der Waals surface area contributed by atoms with Gasteiger partial charge in [0, 0.05) is 5.69 Å². The topological polar surface area (TPSA) is 26.0 Å². The van der Waals surface area contributed by atoms with Crippen LogP contribution in [0.4, 0.5) is 5.69 Å². The fourth-order valence-electron chi connectivity index (χ4n) is 3.03. The highest BCUT2D eigenvalue weighted by Gasteiger charge is 2.32. The van der Waals surface area contributed by atoms with Crippen LogP contribution >= 0.6 is 0 Å². The van der Waals surface area contributed by atoms with Gasteiger partial charge in [0.15, 0.2) is 0 Å². The van der Waals surface area contributed by atoms with Gasteiger partial charge in [-0.2, -0.15) is 0 Å². The fraction of sp³-hybridized carbons (Fsp3) is 0.500. The Morgan fingerprint density at radius 1 is 1.23 bits per heavy atom. The van der Waals surface area contributed by atoms with Gasteiger partial charge in [-0.25, -0.2) is 0 Å².